The molecule has 0 fully saturated rings. The van der Waals surface area contributed by atoms with Gasteiger partial charge in [-0.15, -0.1) is 0 Å². The molecule has 0 aromatic carbocycles. The van der Waals surface area contributed by atoms with Gasteiger partial charge in [-0.05, 0) is 12.8 Å². The first-order valence-corrected chi connectivity index (χ1v) is 7.13. The van der Waals surface area contributed by atoms with E-state index in [1.54, 1.807) is 6.92 Å². The summed E-state index contributed by atoms with van der Waals surface area (Å²) in [6.07, 6.45) is 1.64. The predicted octanol–water partition coefficient (Wildman–Crippen LogP) is 1.60. The minimum absolute atomic E-state index is 0.00694. The van der Waals surface area contributed by atoms with Gasteiger partial charge in [0.15, 0.2) is 5.17 Å². The molecule has 14 heavy (non-hydrogen) atoms. The van der Waals surface area contributed by atoms with E-state index in [1.165, 1.54) is 11.8 Å². The minimum Gasteiger partial charge on any atom is -0.379 e. The van der Waals surface area contributed by atoms with Crippen LogP contribution < -0.4 is 5.73 Å². The fourth-order valence-electron chi connectivity index (χ4n) is 0.503. The molecule has 0 atom stereocenters. The highest BCUT2D eigenvalue weighted by atomic mass is 32.2. The van der Waals surface area contributed by atoms with Gasteiger partial charge in [0.1, 0.15) is 0 Å². The average Bonchev–Trinajstić information content (AvgIpc) is 1.99. The van der Waals surface area contributed by atoms with Crippen molar-refractivity contribution >= 4 is 24.5 Å². The Bertz CT molecular complexity index is 195. The fourth-order valence-corrected chi connectivity index (χ4v) is 1.51. The van der Waals surface area contributed by atoms with Crippen LogP contribution in [0.15, 0.2) is 0 Å². The fraction of sp³-hybridized carbons (Fsp3) is 0.857. The monoisotopic (exact) mass is 242 g/mol. The van der Waals surface area contributed by atoms with Gasteiger partial charge in [0.25, 0.3) is 0 Å². The summed E-state index contributed by atoms with van der Waals surface area (Å²) in [6, 6.07) is 0. The van der Waals surface area contributed by atoms with Gasteiger partial charge in [0.2, 0.25) is 0 Å². The Kier molecular flexibility index (Phi) is 11.2. The van der Waals surface area contributed by atoms with Crippen molar-refractivity contribution in [3.05, 3.63) is 0 Å². The summed E-state index contributed by atoms with van der Waals surface area (Å²) in [5.41, 5.74) is 5.02. The quantitative estimate of drug-likeness (QED) is 0.340. The second-order valence-electron chi connectivity index (χ2n) is 2.60. The number of rotatable bonds is 4. The molecule has 0 radical (unpaired) electrons. The Hall–Kier alpha value is -0.0300. The molecule has 7 heteroatoms. The van der Waals surface area contributed by atoms with Crippen LogP contribution in [-0.4, -0.2) is 26.9 Å². The maximum atomic E-state index is 9.93. The van der Waals surface area contributed by atoms with Crippen LogP contribution in [0.4, 0.5) is 0 Å². The number of thioether (sulfide) groups is 1. The molecule has 0 heterocycles. The summed E-state index contributed by atoms with van der Waals surface area (Å²) in [5.74, 6) is 0.968. The van der Waals surface area contributed by atoms with E-state index in [-0.39, 0.29) is 11.3 Å². The van der Waals surface area contributed by atoms with E-state index in [4.69, 9.17) is 20.9 Å². The Morgan fingerprint density at radius 2 is 1.93 bits per heavy atom. The predicted molar refractivity (Wildman–Crippen MR) is 61.9 cm³/mol. The maximum absolute atomic E-state index is 9.93. The van der Waals surface area contributed by atoms with Crippen LogP contribution in [0, 0.1) is 5.41 Å². The molecule has 0 saturated heterocycles. The average molecular weight is 242 g/mol. The summed E-state index contributed by atoms with van der Waals surface area (Å²) >= 11 is 1.39. The highest BCUT2D eigenvalue weighted by molar-refractivity contribution is 8.13. The lowest BCUT2D eigenvalue weighted by Gasteiger charge is -1.96. The zero-order valence-electron chi connectivity index (χ0n) is 8.56. The third-order valence-corrected chi connectivity index (χ3v) is 2.93. The van der Waals surface area contributed by atoms with Crippen LogP contribution in [0.25, 0.3) is 0 Å². The van der Waals surface area contributed by atoms with Crippen molar-refractivity contribution < 1.29 is 14.4 Å². The summed E-state index contributed by atoms with van der Waals surface area (Å²) in [5, 5.41) is 6.96. The van der Waals surface area contributed by atoms with E-state index in [0.717, 1.165) is 12.2 Å². The Balaban J connectivity index is 0. The van der Waals surface area contributed by atoms with Gasteiger partial charge in [-0.25, -0.2) is 0 Å². The van der Waals surface area contributed by atoms with Crippen LogP contribution in [0.3, 0.4) is 0 Å². The molecule has 0 aliphatic rings. The SMILES string of the molecule is CCCP(=O)(O)O.CCCSC(=N)N. The van der Waals surface area contributed by atoms with Gasteiger partial charge in [0, 0.05) is 11.9 Å². The van der Waals surface area contributed by atoms with Gasteiger partial charge in [-0.3, -0.25) is 9.97 Å². The number of hydrogen-bond donors (Lipinski definition) is 4. The summed E-state index contributed by atoms with van der Waals surface area (Å²) in [6.45, 7) is 3.80. The maximum Gasteiger partial charge on any atom is 0.325 e. The van der Waals surface area contributed by atoms with Gasteiger partial charge in [-0.1, -0.05) is 25.6 Å². The van der Waals surface area contributed by atoms with E-state index in [1.807, 2.05) is 0 Å². The molecule has 0 amide bonds. The van der Waals surface area contributed by atoms with Crippen molar-refractivity contribution in [2.75, 3.05) is 11.9 Å². The number of hydrogen-bond acceptors (Lipinski definition) is 3. The number of amidine groups is 1. The van der Waals surface area contributed by atoms with Crippen LogP contribution >= 0.6 is 19.4 Å². The Morgan fingerprint density at radius 3 is 2.00 bits per heavy atom. The van der Waals surface area contributed by atoms with E-state index in [2.05, 4.69) is 6.92 Å². The van der Waals surface area contributed by atoms with Crippen molar-refractivity contribution in [3.8, 4) is 0 Å². The molecule has 5 N–H and O–H groups in total. The second kappa shape index (κ2) is 9.52. The molecule has 86 valence electrons. The lowest BCUT2D eigenvalue weighted by molar-refractivity contribution is 0.372. The zero-order chi connectivity index (χ0) is 11.6. The molecule has 0 saturated carbocycles. The second-order valence-corrected chi connectivity index (χ2v) is 5.51. The first kappa shape index (κ1) is 16.4. The summed E-state index contributed by atoms with van der Waals surface area (Å²) in [4.78, 5) is 16.3. The summed E-state index contributed by atoms with van der Waals surface area (Å²) < 4.78 is 9.93. The van der Waals surface area contributed by atoms with Crippen LogP contribution in [-0.2, 0) is 4.57 Å². The normalized spacial score (nSPS) is 10.3. The lowest BCUT2D eigenvalue weighted by Crippen LogP contribution is -2.03. The van der Waals surface area contributed by atoms with Crippen molar-refractivity contribution in [1.82, 2.24) is 0 Å². The summed E-state index contributed by atoms with van der Waals surface area (Å²) in [7, 11) is -3.67. The van der Waals surface area contributed by atoms with Crippen LogP contribution in [0.2, 0.25) is 0 Å². The van der Waals surface area contributed by atoms with Gasteiger partial charge in [0.05, 0.1) is 0 Å². The molecule has 0 aromatic rings. The molecule has 0 spiro atoms. The lowest BCUT2D eigenvalue weighted by atomic mass is 10.6. The van der Waals surface area contributed by atoms with Crippen molar-refractivity contribution in [2.24, 2.45) is 5.73 Å². The Labute approximate surface area is 89.1 Å². The van der Waals surface area contributed by atoms with E-state index in [0.29, 0.717) is 6.42 Å². The topological polar surface area (TPSA) is 107 Å². The standard InChI is InChI=1S/C4H10N2S.C3H9O3P/c1-2-3-7-4(5)6;1-2-3-7(4,5)6/h2-3H2,1H3,(H3,5,6);2-3H2,1H3,(H2,4,5,6). The molecule has 5 nitrogen and oxygen atoms in total. The smallest absolute Gasteiger partial charge is 0.325 e. The third kappa shape index (κ3) is 22.7. The van der Waals surface area contributed by atoms with Crippen molar-refractivity contribution in [3.63, 3.8) is 0 Å². The number of nitrogens with two attached hydrogens (primary N) is 1. The Morgan fingerprint density at radius 1 is 1.43 bits per heavy atom. The van der Waals surface area contributed by atoms with E-state index >= 15 is 0 Å². The van der Waals surface area contributed by atoms with Gasteiger partial charge < -0.3 is 15.5 Å². The first-order valence-electron chi connectivity index (χ1n) is 4.34. The third-order valence-electron chi connectivity index (χ3n) is 0.977. The minimum atomic E-state index is -3.67. The zero-order valence-corrected chi connectivity index (χ0v) is 10.3. The van der Waals surface area contributed by atoms with Gasteiger partial charge >= 0.3 is 7.60 Å². The molecule has 0 bridgehead atoms. The van der Waals surface area contributed by atoms with Crippen LogP contribution in [0.1, 0.15) is 26.7 Å². The highest BCUT2D eigenvalue weighted by Gasteiger charge is 2.08. The van der Waals surface area contributed by atoms with E-state index in [9.17, 15) is 4.57 Å². The number of nitrogens with one attached hydrogen (secondary N) is 1. The van der Waals surface area contributed by atoms with Crippen molar-refractivity contribution in [2.45, 2.75) is 26.7 Å². The molecule has 0 rings (SSSR count). The molecular formula is C7H19N2O3PS. The molecular weight excluding hydrogens is 223 g/mol. The highest BCUT2D eigenvalue weighted by Crippen LogP contribution is 2.34. The first-order chi connectivity index (χ1) is 6.33. The largest absolute Gasteiger partial charge is 0.379 e. The van der Waals surface area contributed by atoms with Gasteiger partial charge in [-0.2, -0.15) is 0 Å². The molecule has 0 unspecified atom stereocenters. The van der Waals surface area contributed by atoms with E-state index < -0.39 is 7.60 Å². The van der Waals surface area contributed by atoms with Crippen LogP contribution in [0.5, 0.6) is 0 Å². The van der Waals surface area contributed by atoms with Crippen molar-refractivity contribution in [1.29, 1.82) is 5.41 Å². The molecule has 0 aromatic heterocycles. The molecule has 0 aliphatic carbocycles. The molecule has 0 aliphatic heterocycles.